The molecule has 0 bridgehead atoms. The van der Waals surface area contributed by atoms with Crippen LogP contribution >= 0.6 is 0 Å². The number of fused-ring (bicyclic) bond motifs is 1. The van der Waals surface area contributed by atoms with Crippen LogP contribution in [0.3, 0.4) is 0 Å². The van der Waals surface area contributed by atoms with Crippen molar-refractivity contribution in [2.45, 2.75) is 90.1 Å². The van der Waals surface area contributed by atoms with Gasteiger partial charge in [0.15, 0.2) is 0 Å². The summed E-state index contributed by atoms with van der Waals surface area (Å²) in [6.45, 7) is 8.09. The number of halogens is 3. The maximum atomic E-state index is 13.6. The van der Waals surface area contributed by atoms with Crippen molar-refractivity contribution in [3.63, 3.8) is 0 Å². The van der Waals surface area contributed by atoms with Gasteiger partial charge in [0.25, 0.3) is 0 Å². The highest BCUT2D eigenvalue weighted by Gasteiger charge is 2.42. The van der Waals surface area contributed by atoms with Crippen molar-refractivity contribution in [3.05, 3.63) is 35.4 Å². The number of amides is 3. The Labute approximate surface area is 226 Å². The number of aliphatic carboxylic acids is 1. The van der Waals surface area contributed by atoms with Crippen molar-refractivity contribution in [2.75, 3.05) is 13.6 Å². The van der Waals surface area contributed by atoms with E-state index in [4.69, 9.17) is 9.90 Å². The molecule has 4 atom stereocenters. The van der Waals surface area contributed by atoms with E-state index in [1.54, 1.807) is 18.9 Å². The van der Waals surface area contributed by atoms with Crippen molar-refractivity contribution in [1.29, 1.82) is 0 Å². The van der Waals surface area contributed by atoms with E-state index in [0.29, 0.717) is 13.0 Å². The van der Waals surface area contributed by atoms with Gasteiger partial charge in [0.05, 0.1) is 12.1 Å². The summed E-state index contributed by atoms with van der Waals surface area (Å²) in [5.41, 5.74) is 1.99. The van der Waals surface area contributed by atoms with E-state index in [1.807, 2.05) is 32.9 Å². The van der Waals surface area contributed by atoms with Crippen LogP contribution in [0.4, 0.5) is 13.2 Å². The Morgan fingerprint density at radius 3 is 2.23 bits per heavy atom. The Morgan fingerprint density at radius 2 is 1.67 bits per heavy atom. The summed E-state index contributed by atoms with van der Waals surface area (Å²) >= 11 is 0. The van der Waals surface area contributed by atoms with Crippen molar-refractivity contribution in [3.8, 4) is 0 Å². The number of likely N-dealkylation sites (tertiary alicyclic amines) is 1. The molecule has 1 fully saturated rings. The van der Waals surface area contributed by atoms with Gasteiger partial charge in [0.2, 0.25) is 17.7 Å². The number of nitrogens with zero attached hydrogens (tertiary/aromatic N) is 1. The van der Waals surface area contributed by atoms with E-state index >= 15 is 0 Å². The molecule has 0 spiro atoms. The molecule has 0 unspecified atom stereocenters. The second-order valence-electron chi connectivity index (χ2n) is 11.0. The summed E-state index contributed by atoms with van der Waals surface area (Å²) in [5.74, 6) is -3.26. The molecule has 39 heavy (non-hydrogen) atoms. The summed E-state index contributed by atoms with van der Waals surface area (Å²) in [5, 5.41) is 16.2. The van der Waals surface area contributed by atoms with Crippen LogP contribution in [0.2, 0.25) is 0 Å². The monoisotopic (exact) mass is 556 g/mol. The number of carboxylic acids is 1. The zero-order chi connectivity index (χ0) is 29.5. The third-order valence-corrected chi connectivity index (χ3v) is 6.99. The number of carboxylic acid groups (broad SMARTS) is 1. The minimum atomic E-state index is -5.08. The molecule has 0 radical (unpaired) electrons. The van der Waals surface area contributed by atoms with Gasteiger partial charge in [-0.2, -0.15) is 13.2 Å². The lowest BCUT2D eigenvalue weighted by molar-refractivity contribution is -0.192. The third-order valence-electron chi connectivity index (χ3n) is 6.99. The number of likely N-dealkylation sites (N-methyl/N-ethyl adjacent to an activating group) is 1. The summed E-state index contributed by atoms with van der Waals surface area (Å²) in [6.07, 6.45) is -0.676. The number of alkyl halides is 3. The van der Waals surface area contributed by atoms with Gasteiger partial charge in [-0.3, -0.25) is 14.4 Å². The van der Waals surface area contributed by atoms with Crippen LogP contribution in [0.1, 0.15) is 70.5 Å². The minimum Gasteiger partial charge on any atom is -0.475 e. The van der Waals surface area contributed by atoms with E-state index in [0.717, 1.165) is 25.7 Å². The van der Waals surface area contributed by atoms with Gasteiger partial charge in [-0.05, 0) is 62.6 Å². The Hall–Kier alpha value is -3.15. The number of carbonyl (C=O) groups is 4. The van der Waals surface area contributed by atoms with E-state index in [9.17, 15) is 27.6 Å². The van der Waals surface area contributed by atoms with Gasteiger partial charge in [-0.25, -0.2) is 4.79 Å². The first kappa shape index (κ1) is 32.1. The summed E-state index contributed by atoms with van der Waals surface area (Å²) < 4.78 is 31.7. The largest absolute Gasteiger partial charge is 0.490 e. The quantitative estimate of drug-likeness (QED) is 0.427. The van der Waals surface area contributed by atoms with Crippen LogP contribution in [0.5, 0.6) is 0 Å². The van der Waals surface area contributed by atoms with E-state index in [-0.39, 0.29) is 23.8 Å². The van der Waals surface area contributed by atoms with Gasteiger partial charge in [-0.15, -0.1) is 0 Å². The molecular formula is C27H39F3N4O5. The normalized spacial score (nSPS) is 20.6. The second-order valence-corrected chi connectivity index (χ2v) is 11.0. The first-order valence-electron chi connectivity index (χ1n) is 13.0. The number of rotatable bonds is 6. The van der Waals surface area contributed by atoms with Gasteiger partial charge >= 0.3 is 12.1 Å². The number of aryl methyl sites for hydroxylation is 1. The van der Waals surface area contributed by atoms with Crippen molar-refractivity contribution < 1.29 is 37.5 Å². The lowest BCUT2D eigenvalue weighted by Crippen LogP contribution is -2.59. The molecule has 3 amide bonds. The molecule has 9 nitrogen and oxygen atoms in total. The number of hydrogen-bond acceptors (Lipinski definition) is 5. The van der Waals surface area contributed by atoms with Crippen molar-refractivity contribution in [1.82, 2.24) is 20.9 Å². The summed E-state index contributed by atoms with van der Waals surface area (Å²) in [4.78, 5) is 49.9. The molecule has 1 heterocycles. The predicted octanol–water partition coefficient (Wildman–Crippen LogP) is 2.94. The summed E-state index contributed by atoms with van der Waals surface area (Å²) in [7, 11) is 1.71. The molecule has 0 saturated carbocycles. The first-order valence-corrected chi connectivity index (χ1v) is 13.0. The van der Waals surface area contributed by atoms with Gasteiger partial charge in [0, 0.05) is 6.54 Å². The average molecular weight is 557 g/mol. The second kappa shape index (κ2) is 13.3. The van der Waals surface area contributed by atoms with E-state index in [1.165, 1.54) is 11.1 Å². The Kier molecular flexibility index (Phi) is 10.9. The maximum Gasteiger partial charge on any atom is 0.490 e. The lowest BCUT2D eigenvalue weighted by Gasteiger charge is -2.36. The zero-order valence-corrected chi connectivity index (χ0v) is 23.0. The van der Waals surface area contributed by atoms with E-state index < -0.39 is 35.7 Å². The fraction of sp³-hybridized carbons (Fsp3) is 0.630. The molecule has 1 aromatic rings. The van der Waals surface area contributed by atoms with Crippen LogP contribution in [0, 0.1) is 5.41 Å². The average Bonchev–Trinajstić information content (AvgIpc) is 3.36. The number of hydrogen-bond donors (Lipinski definition) is 4. The molecule has 1 aliphatic carbocycles. The fourth-order valence-corrected chi connectivity index (χ4v) is 4.69. The molecule has 2 aliphatic rings. The molecule has 0 aromatic heterocycles. The highest BCUT2D eigenvalue weighted by molar-refractivity contribution is 5.94. The van der Waals surface area contributed by atoms with E-state index in [2.05, 4.69) is 28.1 Å². The minimum absolute atomic E-state index is 0.0143. The summed E-state index contributed by atoms with van der Waals surface area (Å²) in [6, 6.07) is 6.65. The number of nitrogens with one attached hydrogen (secondary N) is 3. The topological polar surface area (TPSA) is 128 Å². The fourth-order valence-electron chi connectivity index (χ4n) is 4.69. The maximum absolute atomic E-state index is 13.6. The number of carbonyl (C=O) groups excluding carboxylic acids is 3. The Balaban J connectivity index is 0.000000673. The zero-order valence-electron chi connectivity index (χ0n) is 23.0. The van der Waals surface area contributed by atoms with Gasteiger partial charge < -0.3 is 26.0 Å². The van der Waals surface area contributed by atoms with Crippen LogP contribution < -0.4 is 16.0 Å². The van der Waals surface area contributed by atoms with Crippen LogP contribution in [-0.2, 0) is 25.6 Å². The molecule has 1 saturated heterocycles. The van der Waals surface area contributed by atoms with Crippen molar-refractivity contribution >= 4 is 23.7 Å². The molecule has 3 rings (SSSR count). The Bertz CT molecular complexity index is 1040. The molecular weight excluding hydrogens is 517 g/mol. The molecule has 4 N–H and O–H groups in total. The number of benzene rings is 1. The van der Waals surface area contributed by atoms with Crippen molar-refractivity contribution in [2.24, 2.45) is 5.41 Å². The molecule has 218 valence electrons. The third kappa shape index (κ3) is 8.67. The van der Waals surface area contributed by atoms with Crippen LogP contribution in [0.15, 0.2) is 24.3 Å². The Morgan fingerprint density at radius 1 is 1.05 bits per heavy atom. The van der Waals surface area contributed by atoms with Gasteiger partial charge in [0.1, 0.15) is 12.1 Å². The first-order chi connectivity index (χ1) is 18.1. The van der Waals surface area contributed by atoms with Gasteiger partial charge in [-0.1, -0.05) is 45.0 Å². The molecule has 1 aromatic carbocycles. The van der Waals surface area contributed by atoms with Crippen LogP contribution in [-0.4, -0.2) is 71.6 Å². The standard InChI is InChI=1S/C25H38N4O3.C2HF3O2/c1-16(26-5)22(30)28-21(25(2,3)4)24(32)29-15-9-14-20(29)23(31)27-19-13-8-11-17-10-6-7-12-18(17)19;3-2(4,5)1(6)7/h6-7,10,12,16,19-21,26H,8-9,11,13-15H2,1-5H3,(H,27,31)(H,28,30);(H,6,7)/t16-,19+,20-,21+;/m1./s1. The van der Waals surface area contributed by atoms with Crippen LogP contribution in [0.25, 0.3) is 0 Å². The highest BCUT2D eigenvalue weighted by atomic mass is 19.4. The SMILES string of the molecule is CN[C@H](C)C(=O)N[C@@H](C(=O)N1CCC[C@@H]1C(=O)N[C@H]1CCCc2ccccc21)C(C)(C)C.O=C(O)C(F)(F)F. The molecule has 1 aliphatic heterocycles. The highest BCUT2D eigenvalue weighted by Crippen LogP contribution is 2.31. The molecule has 12 heteroatoms. The lowest BCUT2D eigenvalue weighted by atomic mass is 9.85. The smallest absolute Gasteiger partial charge is 0.475 e. The predicted molar refractivity (Wildman–Crippen MR) is 139 cm³/mol.